The average Bonchev–Trinajstić information content (AvgIpc) is 2.48. The maximum atomic E-state index is 5.76. The molecule has 0 unspecified atom stereocenters. The van der Waals surface area contributed by atoms with Gasteiger partial charge < -0.3 is 5.73 Å². The van der Waals surface area contributed by atoms with Gasteiger partial charge in [-0.2, -0.15) is 9.97 Å². The molecular weight excluding hydrogens is 318 g/mol. The Morgan fingerprint density at radius 3 is 2.30 bits per heavy atom. The fourth-order valence-corrected chi connectivity index (χ4v) is 1.97. The largest absolute Gasteiger partial charge is 0.368 e. The Morgan fingerprint density at radius 1 is 0.850 bits per heavy atom. The van der Waals surface area contributed by atoms with Crippen LogP contribution in [0.15, 0.2) is 53.1 Å². The summed E-state index contributed by atoms with van der Waals surface area (Å²) in [6, 6.07) is 13.3. The lowest BCUT2D eigenvalue weighted by molar-refractivity contribution is 1.06. The van der Waals surface area contributed by atoms with Crippen LogP contribution in [0, 0.1) is 0 Å². The van der Waals surface area contributed by atoms with Crippen molar-refractivity contribution in [3.63, 3.8) is 0 Å². The van der Waals surface area contributed by atoms with Crippen molar-refractivity contribution in [3.8, 4) is 22.9 Å². The zero-order valence-corrected chi connectivity index (χ0v) is 11.9. The van der Waals surface area contributed by atoms with E-state index >= 15 is 0 Å². The summed E-state index contributed by atoms with van der Waals surface area (Å²) in [6.45, 7) is 0. The van der Waals surface area contributed by atoms with E-state index in [1.165, 1.54) is 0 Å². The minimum absolute atomic E-state index is 0.179. The van der Waals surface area contributed by atoms with E-state index in [1.807, 2.05) is 42.5 Å². The van der Waals surface area contributed by atoms with Crippen molar-refractivity contribution in [3.05, 3.63) is 53.1 Å². The van der Waals surface area contributed by atoms with E-state index in [0.29, 0.717) is 17.3 Å². The number of hydrogen-bond acceptors (Lipinski definition) is 5. The number of nitrogens with zero attached hydrogens (tertiary/aromatic N) is 4. The normalized spacial score (nSPS) is 10.4. The van der Waals surface area contributed by atoms with Gasteiger partial charge >= 0.3 is 0 Å². The molecule has 0 aliphatic rings. The van der Waals surface area contributed by atoms with Gasteiger partial charge in [-0.25, -0.2) is 4.98 Å². The molecule has 20 heavy (non-hydrogen) atoms. The molecule has 3 aromatic rings. The van der Waals surface area contributed by atoms with Crippen molar-refractivity contribution in [1.29, 1.82) is 0 Å². The lowest BCUT2D eigenvalue weighted by atomic mass is 10.2. The van der Waals surface area contributed by atoms with E-state index in [9.17, 15) is 0 Å². The topological polar surface area (TPSA) is 77.6 Å². The third-order valence-corrected chi connectivity index (χ3v) is 3.11. The van der Waals surface area contributed by atoms with Gasteiger partial charge in [0, 0.05) is 16.2 Å². The van der Waals surface area contributed by atoms with Gasteiger partial charge in [0.25, 0.3) is 0 Å². The fraction of sp³-hybridized carbons (Fsp3) is 0. The van der Waals surface area contributed by atoms with Crippen LogP contribution in [0.3, 0.4) is 0 Å². The Labute approximate surface area is 124 Å². The Balaban J connectivity index is 2.09. The molecule has 0 bridgehead atoms. The second-order valence-corrected chi connectivity index (χ2v) is 4.98. The first-order valence-electron chi connectivity index (χ1n) is 5.91. The molecule has 2 N–H and O–H groups in total. The summed E-state index contributed by atoms with van der Waals surface area (Å²) >= 11 is 3.34. The molecule has 0 aliphatic carbocycles. The predicted octanol–water partition coefficient (Wildman–Crippen LogP) is 2.95. The molecule has 98 valence electrons. The Hall–Kier alpha value is -2.34. The third kappa shape index (κ3) is 2.65. The molecule has 6 heteroatoms. The lowest BCUT2D eigenvalue weighted by Gasteiger charge is -2.04. The minimum Gasteiger partial charge on any atom is -0.368 e. The first kappa shape index (κ1) is 12.7. The predicted molar refractivity (Wildman–Crippen MR) is 80.6 cm³/mol. The molecule has 0 fully saturated rings. The number of aromatic nitrogens is 4. The van der Waals surface area contributed by atoms with E-state index in [2.05, 4.69) is 35.9 Å². The average molecular weight is 328 g/mol. The van der Waals surface area contributed by atoms with Crippen LogP contribution < -0.4 is 5.73 Å². The second kappa shape index (κ2) is 5.34. The Bertz CT molecular complexity index is 728. The van der Waals surface area contributed by atoms with E-state index < -0.39 is 0 Å². The molecule has 0 aliphatic heterocycles. The zero-order chi connectivity index (χ0) is 13.9. The molecule has 5 nitrogen and oxygen atoms in total. The summed E-state index contributed by atoms with van der Waals surface area (Å²) in [5.74, 6) is 1.18. The van der Waals surface area contributed by atoms with Gasteiger partial charge in [0.1, 0.15) is 5.69 Å². The molecular formula is C14H10BrN5. The van der Waals surface area contributed by atoms with Crippen molar-refractivity contribution in [2.24, 2.45) is 0 Å². The maximum Gasteiger partial charge on any atom is 0.224 e. The minimum atomic E-state index is 0.179. The highest BCUT2D eigenvalue weighted by Crippen LogP contribution is 2.20. The monoisotopic (exact) mass is 327 g/mol. The molecule has 1 aromatic carbocycles. The molecule has 3 rings (SSSR count). The smallest absolute Gasteiger partial charge is 0.224 e. The van der Waals surface area contributed by atoms with Gasteiger partial charge in [-0.1, -0.05) is 30.3 Å². The van der Waals surface area contributed by atoms with Crippen molar-refractivity contribution in [2.75, 3.05) is 5.73 Å². The maximum absolute atomic E-state index is 5.76. The molecule has 0 saturated carbocycles. The molecule has 0 amide bonds. The molecule has 0 spiro atoms. The number of hydrogen-bond donors (Lipinski definition) is 1. The summed E-state index contributed by atoms with van der Waals surface area (Å²) in [5.41, 5.74) is 7.31. The van der Waals surface area contributed by atoms with Gasteiger partial charge in [0.15, 0.2) is 11.6 Å². The van der Waals surface area contributed by atoms with Gasteiger partial charge in [-0.15, -0.1) is 0 Å². The van der Waals surface area contributed by atoms with Crippen LogP contribution in [-0.2, 0) is 0 Å². The van der Waals surface area contributed by atoms with Gasteiger partial charge in [0.2, 0.25) is 5.95 Å². The molecule has 0 atom stereocenters. The number of pyridine rings is 1. The van der Waals surface area contributed by atoms with Crippen LogP contribution in [0.5, 0.6) is 0 Å². The number of anilines is 1. The highest BCUT2D eigenvalue weighted by atomic mass is 79.9. The van der Waals surface area contributed by atoms with Gasteiger partial charge in [0.05, 0.1) is 0 Å². The van der Waals surface area contributed by atoms with Crippen LogP contribution in [0.25, 0.3) is 22.9 Å². The standard InChI is InChI=1S/C14H10BrN5/c15-10-6-7-11(17-8-10)13-18-12(19-14(16)20-13)9-4-2-1-3-5-9/h1-8H,(H2,16,18,19,20). The summed E-state index contributed by atoms with van der Waals surface area (Å²) in [5, 5.41) is 0. The second-order valence-electron chi connectivity index (χ2n) is 4.07. The SMILES string of the molecule is Nc1nc(-c2ccccc2)nc(-c2ccc(Br)cn2)n1. The zero-order valence-electron chi connectivity index (χ0n) is 10.4. The molecule has 0 saturated heterocycles. The van der Waals surface area contributed by atoms with Crippen LogP contribution in [0.2, 0.25) is 0 Å². The first-order valence-corrected chi connectivity index (χ1v) is 6.70. The van der Waals surface area contributed by atoms with Crippen molar-refractivity contribution < 1.29 is 0 Å². The van der Waals surface area contributed by atoms with Gasteiger partial charge in [-0.05, 0) is 28.1 Å². The van der Waals surface area contributed by atoms with E-state index in [1.54, 1.807) is 6.20 Å². The van der Waals surface area contributed by atoms with E-state index in [-0.39, 0.29) is 5.95 Å². The number of benzene rings is 1. The van der Waals surface area contributed by atoms with Crippen molar-refractivity contribution >= 4 is 21.9 Å². The van der Waals surface area contributed by atoms with E-state index in [4.69, 9.17) is 5.73 Å². The van der Waals surface area contributed by atoms with Crippen molar-refractivity contribution in [2.45, 2.75) is 0 Å². The highest BCUT2D eigenvalue weighted by molar-refractivity contribution is 9.10. The number of nitrogen functional groups attached to an aromatic ring is 1. The van der Waals surface area contributed by atoms with Crippen LogP contribution >= 0.6 is 15.9 Å². The Kier molecular flexibility index (Phi) is 3.39. The van der Waals surface area contributed by atoms with Gasteiger partial charge in [-0.3, -0.25) is 4.98 Å². The number of rotatable bonds is 2. The molecule has 0 radical (unpaired) electrons. The van der Waals surface area contributed by atoms with Crippen LogP contribution in [0.1, 0.15) is 0 Å². The number of nitrogens with two attached hydrogens (primary N) is 1. The molecule has 2 heterocycles. The Morgan fingerprint density at radius 2 is 1.60 bits per heavy atom. The quantitative estimate of drug-likeness (QED) is 0.782. The van der Waals surface area contributed by atoms with E-state index in [0.717, 1.165) is 10.0 Å². The highest BCUT2D eigenvalue weighted by Gasteiger charge is 2.09. The fourth-order valence-electron chi connectivity index (χ4n) is 1.73. The summed E-state index contributed by atoms with van der Waals surface area (Å²) in [7, 11) is 0. The first-order chi connectivity index (χ1) is 9.72. The summed E-state index contributed by atoms with van der Waals surface area (Å²) in [6.07, 6.45) is 1.69. The summed E-state index contributed by atoms with van der Waals surface area (Å²) in [4.78, 5) is 17.0. The number of halogens is 1. The molecule has 2 aromatic heterocycles. The van der Waals surface area contributed by atoms with Crippen molar-refractivity contribution in [1.82, 2.24) is 19.9 Å². The van der Waals surface area contributed by atoms with Crippen LogP contribution in [-0.4, -0.2) is 19.9 Å². The lowest BCUT2D eigenvalue weighted by Crippen LogP contribution is -2.02. The third-order valence-electron chi connectivity index (χ3n) is 2.64. The van der Waals surface area contributed by atoms with Crippen LogP contribution in [0.4, 0.5) is 5.95 Å². The summed E-state index contributed by atoms with van der Waals surface area (Å²) < 4.78 is 0.895.